The highest BCUT2D eigenvalue weighted by atomic mass is 19.1. The van der Waals surface area contributed by atoms with Crippen LogP contribution in [-0.2, 0) is 40.1 Å². The van der Waals surface area contributed by atoms with Gasteiger partial charge in [-0.25, -0.2) is 4.39 Å². The number of allylic oxidation sites excluding steroid dienone is 4. The first-order chi connectivity index (χ1) is 28.0. The first-order valence-corrected chi connectivity index (χ1v) is 20.4. The summed E-state index contributed by atoms with van der Waals surface area (Å²) in [5, 5.41) is 28.6. The number of ether oxygens (including phenoxy) is 2. The van der Waals surface area contributed by atoms with Crippen LogP contribution in [0.4, 0.5) is 10.1 Å². The average molecular weight is 808 g/mol. The molecule has 4 fully saturated rings. The van der Waals surface area contributed by atoms with Gasteiger partial charge in [-0.1, -0.05) is 55.8 Å². The van der Waals surface area contributed by atoms with E-state index >= 15 is 4.39 Å². The number of aromatic nitrogens is 1. The minimum absolute atomic E-state index is 0.0653. The Hall–Kier alpha value is -5.11. The molecule has 5 aliphatic carbocycles. The number of nitrogens with one attached hydrogen (secondary N) is 1. The van der Waals surface area contributed by atoms with Crippen molar-refractivity contribution in [3.05, 3.63) is 95.9 Å². The Morgan fingerprint density at radius 3 is 2.46 bits per heavy atom. The second-order valence-corrected chi connectivity index (χ2v) is 17.7. The molecule has 1 heterocycles. The van der Waals surface area contributed by atoms with Gasteiger partial charge >= 0.3 is 11.9 Å². The number of rotatable bonds is 11. The molecule has 0 radical (unpaired) electrons. The smallest absolute Gasteiger partial charge is 0.310 e. The van der Waals surface area contributed by atoms with Crippen LogP contribution in [0.5, 0.6) is 0 Å². The van der Waals surface area contributed by atoms with Gasteiger partial charge in [-0.3, -0.25) is 29.0 Å². The summed E-state index contributed by atoms with van der Waals surface area (Å²) in [6, 6.07) is 14.4. The second kappa shape index (κ2) is 14.9. The fraction of sp³-hybridized carbons (Fsp3) is 0.478. The van der Waals surface area contributed by atoms with Crippen LogP contribution in [0, 0.1) is 40.4 Å². The van der Waals surface area contributed by atoms with Gasteiger partial charge in [0.2, 0.25) is 11.7 Å². The van der Waals surface area contributed by atoms with E-state index in [1.54, 1.807) is 69.6 Å². The number of fused-ring (bicyclic) bond motifs is 6. The highest BCUT2D eigenvalue weighted by Crippen LogP contribution is 2.70. The van der Waals surface area contributed by atoms with Crippen LogP contribution in [0.15, 0.2) is 84.7 Å². The number of Topliss-reactive ketones (excluding diaryl/α,β-unsaturated/α-hetero) is 1. The number of hydrogen-bond acceptors (Lipinski definition) is 11. The summed E-state index contributed by atoms with van der Waals surface area (Å²) in [6.07, 6.45) is 7.41. The van der Waals surface area contributed by atoms with E-state index in [0.29, 0.717) is 41.6 Å². The summed E-state index contributed by atoms with van der Waals surface area (Å²) in [7, 11) is 0. The summed E-state index contributed by atoms with van der Waals surface area (Å²) in [4.78, 5) is 69.3. The first-order valence-electron chi connectivity index (χ1n) is 20.4. The summed E-state index contributed by atoms with van der Waals surface area (Å²) in [5.74, 6) is -6.47. The lowest BCUT2D eigenvalue weighted by Crippen LogP contribution is -2.69. The predicted octanol–water partition coefficient (Wildman–Crippen LogP) is 5.06. The molecule has 5 N–H and O–H groups in total. The molecule has 13 heteroatoms. The van der Waals surface area contributed by atoms with Crippen molar-refractivity contribution in [2.24, 2.45) is 46.2 Å². The van der Waals surface area contributed by atoms with Gasteiger partial charge < -0.3 is 30.7 Å². The average Bonchev–Trinajstić information content (AvgIpc) is 4.00. The monoisotopic (exact) mass is 807 g/mol. The predicted molar refractivity (Wildman–Crippen MR) is 214 cm³/mol. The highest BCUT2D eigenvalue weighted by Gasteiger charge is 2.75. The van der Waals surface area contributed by atoms with Crippen molar-refractivity contribution >= 4 is 45.9 Å². The molecule has 0 bridgehead atoms. The zero-order valence-electron chi connectivity index (χ0n) is 33.4. The van der Waals surface area contributed by atoms with Gasteiger partial charge in [-0.15, -0.1) is 0 Å². The summed E-state index contributed by atoms with van der Waals surface area (Å²) in [5.41, 5.74) is 2.11. The minimum Gasteiger partial charge on any atom is -0.461 e. The molecule has 2 aromatic carbocycles. The van der Waals surface area contributed by atoms with Crippen LogP contribution in [0.3, 0.4) is 0 Å². The van der Waals surface area contributed by atoms with E-state index in [1.807, 2.05) is 18.2 Å². The lowest BCUT2D eigenvalue weighted by atomic mass is 9.44. The van der Waals surface area contributed by atoms with Crippen LogP contribution in [0.2, 0.25) is 0 Å². The van der Waals surface area contributed by atoms with E-state index in [-0.39, 0.29) is 37.7 Å². The third-order valence-electron chi connectivity index (χ3n) is 14.6. The number of alkyl halides is 1. The number of aliphatic hydroxyl groups excluding tert-OH is 1. The second-order valence-electron chi connectivity index (χ2n) is 17.7. The fourth-order valence-corrected chi connectivity index (χ4v) is 11.1. The largest absolute Gasteiger partial charge is 0.461 e. The number of aliphatic hydroxyl groups is 2. The number of hydrogen-bond donors (Lipinski definition) is 4. The number of amides is 1. The van der Waals surface area contributed by atoms with Crippen LogP contribution in [0.25, 0.3) is 10.8 Å². The molecule has 2 unspecified atom stereocenters. The number of ketones is 2. The van der Waals surface area contributed by atoms with Gasteiger partial charge in [0.15, 0.2) is 18.1 Å². The molecular weight excluding hydrogens is 758 g/mol. The van der Waals surface area contributed by atoms with Crippen molar-refractivity contribution in [2.45, 2.75) is 82.8 Å². The Bertz CT molecular complexity index is 2300. The highest BCUT2D eigenvalue weighted by molar-refractivity contribution is 6.01. The van der Waals surface area contributed by atoms with Crippen LogP contribution < -0.4 is 11.1 Å². The van der Waals surface area contributed by atoms with Crippen molar-refractivity contribution in [1.82, 2.24) is 4.98 Å². The van der Waals surface area contributed by atoms with E-state index < -0.39 is 88.0 Å². The van der Waals surface area contributed by atoms with E-state index in [0.717, 1.165) is 10.8 Å². The summed E-state index contributed by atoms with van der Waals surface area (Å²) in [6.45, 7) is 4.43. The zero-order chi connectivity index (χ0) is 42.1. The number of anilines is 1. The Balaban J connectivity index is 0.836. The van der Waals surface area contributed by atoms with Crippen molar-refractivity contribution < 1.29 is 48.0 Å². The Morgan fingerprint density at radius 1 is 1.00 bits per heavy atom. The quantitative estimate of drug-likeness (QED) is 0.189. The number of carbonyl (C=O) groups is 5. The maximum Gasteiger partial charge on any atom is 0.310 e. The Kier molecular flexibility index (Phi) is 10.2. The molecule has 3 aromatic rings. The lowest BCUT2D eigenvalue weighted by Gasteiger charge is -2.62. The number of esters is 2. The molecule has 5 aliphatic rings. The fourth-order valence-electron chi connectivity index (χ4n) is 11.1. The van der Waals surface area contributed by atoms with Crippen LogP contribution in [-0.4, -0.2) is 75.1 Å². The van der Waals surface area contributed by atoms with Crippen LogP contribution >= 0.6 is 0 Å². The number of nitrogens with two attached hydrogens (primary N) is 1. The van der Waals surface area contributed by atoms with E-state index in [9.17, 15) is 34.2 Å². The van der Waals surface area contributed by atoms with E-state index in [2.05, 4.69) is 10.3 Å². The molecule has 11 atom stereocenters. The summed E-state index contributed by atoms with van der Waals surface area (Å²) < 4.78 is 28.4. The molecule has 0 aliphatic heterocycles. The minimum atomic E-state index is -2.11. The molecule has 0 saturated heterocycles. The molecular formula is C46H50FN3O9. The number of pyridine rings is 1. The Labute approximate surface area is 341 Å². The molecule has 8 rings (SSSR count). The standard InChI is InChI=1S/C46H50FN3O9/c1-25-16-37-36-11-9-30-18-32(51)12-14-43(30,2)45(36,47)38(52)20-44(37,3)46(25,57)39(53)24-59-42(56)34-19-33(34)41(55)58-23-26-4-6-27(7-5-26)35(21-48)40(54)50-31-10-8-29-22-49-15-13-28(29)17-31/h4-8,10,12-15,17-18,22,25,33-38,52,57H,9,11,16,19-21,23-24,48H2,1-3H3,(H,50,54)/t25-,33?,34?,35-,36+,37+,38+,43+,44+,45+,46+/m1/s1. The molecule has 0 spiro atoms. The molecule has 59 heavy (non-hydrogen) atoms. The molecule has 12 nitrogen and oxygen atoms in total. The summed E-state index contributed by atoms with van der Waals surface area (Å²) >= 11 is 0. The maximum absolute atomic E-state index is 17.5. The van der Waals surface area contributed by atoms with Crippen molar-refractivity contribution in [1.29, 1.82) is 0 Å². The van der Waals surface area contributed by atoms with Crippen molar-refractivity contribution in [3.8, 4) is 0 Å². The van der Waals surface area contributed by atoms with Crippen molar-refractivity contribution in [2.75, 3.05) is 18.5 Å². The number of nitrogens with zero attached hydrogens (tertiary/aromatic N) is 1. The number of benzene rings is 2. The lowest BCUT2D eigenvalue weighted by molar-refractivity contribution is -0.220. The first kappa shape index (κ1) is 40.7. The normalized spacial score (nSPS) is 34.8. The van der Waals surface area contributed by atoms with E-state index in [4.69, 9.17) is 15.2 Å². The van der Waals surface area contributed by atoms with Gasteiger partial charge in [-0.2, -0.15) is 0 Å². The molecule has 1 aromatic heterocycles. The molecule has 4 saturated carbocycles. The number of carbonyl (C=O) groups excluding carboxylic acids is 5. The van der Waals surface area contributed by atoms with Gasteiger partial charge in [0.05, 0.1) is 23.9 Å². The van der Waals surface area contributed by atoms with Gasteiger partial charge in [0, 0.05) is 46.8 Å². The zero-order valence-corrected chi connectivity index (χ0v) is 33.4. The van der Waals surface area contributed by atoms with Gasteiger partial charge in [-0.05, 0) is 97.7 Å². The molecule has 310 valence electrons. The topological polar surface area (TPSA) is 195 Å². The maximum atomic E-state index is 17.5. The van der Waals surface area contributed by atoms with Crippen molar-refractivity contribution in [3.63, 3.8) is 0 Å². The molecule has 1 amide bonds. The van der Waals surface area contributed by atoms with Crippen LogP contribution in [0.1, 0.15) is 69.9 Å². The van der Waals surface area contributed by atoms with Gasteiger partial charge in [0.1, 0.15) is 12.2 Å². The third-order valence-corrected chi connectivity index (χ3v) is 14.6. The van der Waals surface area contributed by atoms with E-state index in [1.165, 1.54) is 12.2 Å². The SMILES string of the molecule is C[C@@H]1C[C@H]2[C@@H]3CCC4=CC(=O)C=C[C@]4(C)[C@@]3(F)[C@@H](O)C[C@]2(C)[C@@]1(O)C(=O)COC(=O)C1CC1C(=O)OCc1ccc([C@@H](CN)C(=O)Nc2ccc3cnccc3c2)cc1. The Morgan fingerprint density at radius 2 is 1.73 bits per heavy atom. The van der Waals surface area contributed by atoms with Gasteiger partial charge in [0.25, 0.3) is 0 Å². The number of halogens is 1. The third kappa shape index (κ3) is 6.52.